The molecule has 0 aliphatic carbocycles. The maximum absolute atomic E-state index is 13.4. The average Bonchev–Trinajstić information content (AvgIpc) is 3.07. The van der Waals surface area contributed by atoms with E-state index >= 15 is 0 Å². The number of carbonyl (C=O) groups excluding carboxylic acids is 1. The first-order valence-electron chi connectivity index (χ1n) is 8.95. The number of thioether (sulfide) groups is 1. The zero-order valence-electron chi connectivity index (χ0n) is 15.5. The third kappa shape index (κ3) is 3.73. The SMILES string of the molecule is Cc1ccc(CNC(=O)[C@@H]2Sc3nnc(C)n3N[C@@H]2c2ccc(F)cc2)cc1. The Morgan fingerprint density at radius 2 is 1.86 bits per heavy atom. The summed E-state index contributed by atoms with van der Waals surface area (Å²) < 4.78 is 15.1. The Morgan fingerprint density at radius 1 is 1.14 bits per heavy atom. The number of nitrogens with zero attached hydrogens (tertiary/aromatic N) is 3. The maximum atomic E-state index is 13.4. The van der Waals surface area contributed by atoms with Crippen molar-refractivity contribution in [3.05, 3.63) is 76.9 Å². The maximum Gasteiger partial charge on any atom is 0.236 e. The van der Waals surface area contributed by atoms with Crippen LogP contribution >= 0.6 is 11.8 Å². The van der Waals surface area contributed by atoms with Gasteiger partial charge in [-0.2, -0.15) is 0 Å². The highest BCUT2D eigenvalue weighted by Gasteiger charge is 2.37. The van der Waals surface area contributed by atoms with Crippen LogP contribution in [0.5, 0.6) is 0 Å². The van der Waals surface area contributed by atoms with Crippen molar-refractivity contribution in [3.8, 4) is 0 Å². The van der Waals surface area contributed by atoms with E-state index in [0.29, 0.717) is 17.5 Å². The number of fused-ring (bicyclic) bond motifs is 1. The number of hydrogen-bond donors (Lipinski definition) is 2. The second kappa shape index (κ2) is 7.63. The molecule has 0 fully saturated rings. The molecule has 2 aromatic carbocycles. The molecule has 0 unspecified atom stereocenters. The van der Waals surface area contributed by atoms with Crippen LogP contribution in [0.1, 0.15) is 28.6 Å². The molecule has 28 heavy (non-hydrogen) atoms. The van der Waals surface area contributed by atoms with Gasteiger partial charge in [0.15, 0.2) is 0 Å². The van der Waals surface area contributed by atoms with Crippen LogP contribution in [-0.2, 0) is 11.3 Å². The minimum absolute atomic E-state index is 0.112. The number of halogens is 1. The van der Waals surface area contributed by atoms with E-state index in [9.17, 15) is 9.18 Å². The fourth-order valence-electron chi connectivity index (χ4n) is 3.08. The van der Waals surface area contributed by atoms with E-state index in [1.54, 1.807) is 16.8 Å². The van der Waals surface area contributed by atoms with Gasteiger partial charge in [-0.05, 0) is 37.1 Å². The van der Waals surface area contributed by atoms with Gasteiger partial charge in [-0.15, -0.1) is 10.2 Å². The first-order chi connectivity index (χ1) is 13.5. The number of carbonyl (C=O) groups is 1. The largest absolute Gasteiger partial charge is 0.351 e. The van der Waals surface area contributed by atoms with Gasteiger partial charge in [0, 0.05) is 6.54 Å². The van der Waals surface area contributed by atoms with Gasteiger partial charge in [-0.25, -0.2) is 9.07 Å². The van der Waals surface area contributed by atoms with E-state index in [1.165, 1.54) is 29.5 Å². The van der Waals surface area contributed by atoms with Gasteiger partial charge in [0.2, 0.25) is 11.1 Å². The molecule has 0 radical (unpaired) electrons. The number of aromatic nitrogens is 3. The Hall–Kier alpha value is -2.87. The lowest BCUT2D eigenvalue weighted by Crippen LogP contribution is -2.44. The lowest BCUT2D eigenvalue weighted by molar-refractivity contribution is -0.121. The summed E-state index contributed by atoms with van der Waals surface area (Å²) in [4.78, 5) is 13.0. The summed E-state index contributed by atoms with van der Waals surface area (Å²) in [5, 5.41) is 11.4. The van der Waals surface area contributed by atoms with Gasteiger partial charge in [-0.3, -0.25) is 4.79 Å². The molecule has 2 N–H and O–H groups in total. The predicted molar refractivity (Wildman–Crippen MR) is 106 cm³/mol. The molecule has 0 saturated heterocycles. The Balaban J connectivity index is 1.57. The van der Waals surface area contributed by atoms with Crippen molar-refractivity contribution >= 4 is 17.7 Å². The summed E-state index contributed by atoms with van der Waals surface area (Å²) in [7, 11) is 0. The molecule has 3 aromatic rings. The van der Waals surface area contributed by atoms with E-state index in [0.717, 1.165) is 11.1 Å². The topological polar surface area (TPSA) is 71.8 Å². The second-order valence-electron chi connectivity index (χ2n) is 6.77. The smallest absolute Gasteiger partial charge is 0.236 e. The van der Waals surface area contributed by atoms with Crippen LogP contribution in [0.3, 0.4) is 0 Å². The molecule has 1 amide bonds. The van der Waals surface area contributed by atoms with E-state index in [2.05, 4.69) is 20.9 Å². The first kappa shape index (κ1) is 18.5. The van der Waals surface area contributed by atoms with Crippen molar-refractivity contribution in [2.24, 2.45) is 0 Å². The normalized spacial score (nSPS) is 18.2. The highest BCUT2D eigenvalue weighted by molar-refractivity contribution is 8.00. The highest BCUT2D eigenvalue weighted by Crippen LogP contribution is 2.37. The minimum Gasteiger partial charge on any atom is -0.351 e. The van der Waals surface area contributed by atoms with E-state index in [-0.39, 0.29) is 17.8 Å². The molecule has 0 saturated carbocycles. The molecule has 2 heterocycles. The van der Waals surface area contributed by atoms with Gasteiger partial charge in [0.1, 0.15) is 16.9 Å². The molecule has 2 atom stereocenters. The van der Waals surface area contributed by atoms with Crippen LogP contribution in [0.15, 0.2) is 53.7 Å². The molecule has 1 aliphatic rings. The van der Waals surface area contributed by atoms with E-state index in [4.69, 9.17) is 0 Å². The number of aryl methyl sites for hydroxylation is 2. The quantitative estimate of drug-likeness (QED) is 0.708. The summed E-state index contributed by atoms with van der Waals surface area (Å²) in [6.45, 7) is 4.31. The highest BCUT2D eigenvalue weighted by atomic mass is 32.2. The van der Waals surface area contributed by atoms with Crippen molar-refractivity contribution in [3.63, 3.8) is 0 Å². The van der Waals surface area contributed by atoms with Gasteiger partial charge in [-0.1, -0.05) is 53.7 Å². The van der Waals surface area contributed by atoms with E-state index in [1.807, 2.05) is 38.1 Å². The van der Waals surface area contributed by atoms with Crippen LogP contribution in [0.4, 0.5) is 4.39 Å². The number of hydrogen-bond acceptors (Lipinski definition) is 5. The van der Waals surface area contributed by atoms with Gasteiger partial charge < -0.3 is 10.7 Å². The fourth-order valence-corrected chi connectivity index (χ4v) is 4.23. The third-order valence-electron chi connectivity index (χ3n) is 4.67. The third-order valence-corrected chi connectivity index (χ3v) is 5.89. The monoisotopic (exact) mass is 397 g/mol. The number of amides is 1. The molecule has 0 spiro atoms. The van der Waals surface area contributed by atoms with Gasteiger partial charge in [0.25, 0.3) is 0 Å². The molecular formula is C20H20FN5OS. The molecule has 6 nitrogen and oxygen atoms in total. The molecule has 144 valence electrons. The molecule has 4 rings (SSSR count). The van der Waals surface area contributed by atoms with E-state index < -0.39 is 5.25 Å². The summed E-state index contributed by atoms with van der Waals surface area (Å²) in [6.07, 6.45) is 0. The molecule has 1 aliphatic heterocycles. The number of nitrogens with one attached hydrogen (secondary N) is 2. The Kier molecular flexibility index (Phi) is 5.04. The molecular weight excluding hydrogens is 377 g/mol. The minimum atomic E-state index is -0.466. The van der Waals surface area contributed by atoms with Crippen molar-refractivity contribution < 1.29 is 9.18 Å². The Bertz CT molecular complexity index is 987. The first-order valence-corrected chi connectivity index (χ1v) is 9.83. The number of benzene rings is 2. The van der Waals surface area contributed by atoms with Crippen LogP contribution in [-0.4, -0.2) is 26.0 Å². The van der Waals surface area contributed by atoms with Gasteiger partial charge in [0.05, 0.1) is 6.04 Å². The number of rotatable bonds is 4. The summed E-state index contributed by atoms with van der Waals surface area (Å²) in [5.41, 5.74) is 6.33. The average molecular weight is 397 g/mol. The van der Waals surface area contributed by atoms with Crippen molar-refractivity contribution in [1.82, 2.24) is 20.2 Å². The zero-order chi connectivity index (χ0) is 19.7. The molecule has 1 aromatic heterocycles. The Morgan fingerprint density at radius 3 is 2.57 bits per heavy atom. The van der Waals surface area contributed by atoms with Gasteiger partial charge >= 0.3 is 0 Å². The van der Waals surface area contributed by atoms with Crippen LogP contribution in [0.2, 0.25) is 0 Å². The molecule has 0 bridgehead atoms. The van der Waals surface area contributed by atoms with Crippen molar-refractivity contribution in [1.29, 1.82) is 0 Å². The fraction of sp³-hybridized carbons (Fsp3) is 0.250. The lowest BCUT2D eigenvalue weighted by Gasteiger charge is -2.32. The van der Waals surface area contributed by atoms with Crippen LogP contribution in [0, 0.1) is 19.7 Å². The standard InChI is InChI=1S/C20H20FN5OS/c1-12-3-5-14(6-4-12)11-22-19(27)18-17(15-7-9-16(21)10-8-15)25-26-13(2)23-24-20(26)28-18/h3-10,17-18,25H,11H2,1-2H3,(H,22,27)/t17-,18-/m1/s1. The predicted octanol–water partition coefficient (Wildman–Crippen LogP) is 3.11. The lowest BCUT2D eigenvalue weighted by atomic mass is 10.0. The second-order valence-corrected chi connectivity index (χ2v) is 7.87. The van der Waals surface area contributed by atoms with Crippen LogP contribution < -0.4 is 10.7 Å². The van der Waals surface area contributed by atoms with Crippen LogP contribution in [0.25, 0.3) is 0 Å². The zero-order valence-corrected chi connectivity index (χ0v) is 16.3. The van der Waals surface area contributed by atoms with Crippen molar-refractivity contribution in [2.45, 2.75) is 36.8 Å². The Labute approximate surface area is 166 Å². The molecule has 8 heteroatoms. The summed E-state index contributed by atoms with van der Waals surface area (Å²) in [5.74, 6) is 0.279. The summed E-state index contributed by atoms with van der Waals surface area (Å²) in [6, 6.07) is 13.9. The summed E-state index contributed by atoms with van der Waals surface area (Å²) >= 11 is 1.35. The van der Waals surface area contributed by atoms with Crippen molar-refractivity contribution in [2.75, 3.05) is 5.43 Å².